The lowest BCUT2D eigenvalue weighted by Gasteiger charge is -2.32. The van der Waals surface area contributed by atoms with Crippen LogP contribution >= 0.6 is 11.6 Å². The minimum atomic E-state index is -0.565. The van der Waals surface area contributed by atoms with E-state index in [1.54, 1.807) is 6.20 Å². The Kier molecular flexibility index (Phi) is 4.86. The van der Waals surface area contributed by atoms with Crippen LogP contribution in [0.4, 0.5) is 10.1 Å². The van der Waals surface area contributed by atoms with Crippen LogP contribution in [0, 0.1) is 5.82 Å². The van der Waals surface area contributed by atoms with E-state index in [1.807, 2.05) is 30.3 Å². The summed E-state index contributed by atoms with van der Waals surface area (Å²) in [6.07, 6.45) is 3.51. The highest BCUT2D eigenvalue weighted by molar-refractivity contribution is 6.30. The van der Waals surface area contributed by atoms with E-state index >= 15 is 0 Å². The number of carbonyl (C=O) groups excluding carboxylic acids is 2. The van der Waals surface area contributed by atoms with Crippen molar-refractivity contribution in [3.8, 4) is 0 Å². The van der Waals surface area contributed by atoms with Crippen LogP contribution in [0.3, 0.4) is 0 Å². The number of rotatable bonds is 3. The van der Waals surface area contributed by atoms with Gasteiger partial charge in [0.25, 0.3) is 0 Å². The SMILES string of the molecule is CC(=O)N1C=Cc2ccccc2C1CC(=O)Nc1cc(Cl)ccc1F. The predicted octanol–water partition coefficient (Wildman–Crippen LogP) is 4.38. The largest absolute Gasteiger partial charge is 0.323 e. The molecule has 3 rings (SSSR count). The molecule has 1 aliphatic heterocycles. The number of amides is 2. The third-order valence-electron chi connectivity index (χ3n) is 4.05. The molecule has 128 valence electrons. The quantitative estimate of drug-likeness (QED) is 0.885. The Hall–Kier alpha value is -2.66. The van der Waals surface area contributed by atoms with Gasteiger partial charge >= 0.3 is 0 Å². The molecule has 2 aromatic carbocycles. The minimum Gasteiger partial charge on any atom is -0.323 e. The lowest BCUT2D eigenvalue weighted by atomic mass is 9.93. The first kappa shape index (κ1) is 17.2. The standard InChI is InChI=1S/C19H16ClFN2O2/c1-12(24)23-9-8-13-4-2-3-5-15(13)18(23)11-19(25)22-17-10-14(20)6-7-16(17)21/h2-10,18H,11H2,1H3,(H,22,25). The van der Waals surface area contributed by atoms with Crippen molar-refractivity contribution in [1.82, 2.24) is 4.90 Å². The van der Waals surface area contributed by atoms with Gasteiger partial charge in [-0.2, -0.15) is 0 Å². The van der Waals surface area contributed by atoms with Crippen molar-refractivity contribution in [2.45, 2.75) is 19.4 Å². The topological polar surface area (TPSA) is 49.4 Å². The van der Waals surface area contributed by atoms with E-state index in [2.05, 4.69) is 5.32 Å². The lowest BCUT2D eigenvalue weighted by Crippen LogP contribution is -2.33. The van der Waals surface area contributed by atoms with Crippen molar-refractivity contribution in [1.29, 1.82) is 0 Å². The molecular formula is C19H16ClFN2O2. The molecule has 6 heteroatoms. The Morgan fingerprint density at radius 2 is 2.00 bits per heavy atom. The Morgan fingerprint density at radius 1 is 1.24 bits per heavy atom. The fraction of sp³-hybridized carbons (Fsp3) is 0.158. The Labute approximate surface area is 149 Å². The highest BCUT2D eigenvalue weighted by Crippen LogP contribution is 2.33. The van der Waals surface area contributed by atoms with Crippen LogP contribution in [0.1, 0.15) is 30.5 Å². The number of anilines is 1. The number of hydrogen-bond acceptors (Lipinski definition) is 2. The fourth-order valence-electron chi connectivity index (χ4n) is 2.88. The summed E-state index contributed by atoms with van der Waals surface area (Å²) in [5, 5.41) is 2.86. The Balaban J connectivity index is 1.84. The van der Waals surface area contributed by atoms with E-state index in [9.17, 15) is 14.0 Å². The second-order valence-corrected chi connectivity index (χ2v) is 6.20. The second kappa shape index (κ2) is 7.07. The molecule has 0 bridgehead atoms. The normalized spacial score (nSPS) is 15.6. The summed E-state index contributed by atoms with van der Waals surface area (Å²) in [4.78, 5) is 25.9. The van der Waals surface area contributed by atoms with Crippen molar-refractivity contribution in [2.75, 3.05) is 5.32 Å². The molecule has 1 unspecified atom stereocenters. The average molecular weight is 359 g/mol. The lowest BCUT2D eigenvalue weighted by molar-refractivity contribution is -0.129. The molecule has 0 fully saturated rings. The van der Waals surface area contributed by atoms with E-state index in [4.69, 9.17) is 11.6 Å². The van der Waals surface area contributed by atoms with Crippen LogP contribution in [0.2, 0.25) is 5.02 Å². The summed E-state index contributed by atoms with van der Waals surface area (Å²) in [7, 11) is 0. The molecule has 1 atom stereocenters. The summed E-state index contributed by atoms with van der Waals surface area (Å²) in [5.74, 6) is -1.13. The zero-order valence-corrected chi connectivity index (χ0v) is 14.3. The molecule has 1 aliphatic rings. The van der Waals surface area contributed by atoms with Crippen LogP contribution in [0.15, 0.2) is 48.7 Å². The van der Waals surface area contributed by atoms with Crippen LogP contribution < -0.4 is 5.32 Å². The number of benzene rings is 2. The van der Waals surface area contributed by atoms with Crippen LogP contribution in [-0.2, 0) is 9.59 Å². The van der Waals surface area contributed by atoms with Gasteiger partial charge in [-0.1, -0.05) is 35.9 Å². The zero-order chi connectivity index (χ0) is 18.0. The molecule has 25 heavy (non-hydrogen) atoms. The van der Waals surface area contributed by atoms with Crippen LogP contribution in [0.25, 0.3) is 6.08 Å². The Bertz CT molecular complexity index is 866. The molecule has 2 aromatic rings. The maximum atomic E-state index is 13.8. The minimum absolute atomic E-state index is 0.00683. The number of nitrogens with one attached hydrogen (secondary N) is 1. The van der Waals surface area contributed by atoms with Crippen molar-refractivity contribution in [3.05, 3.63) is 70.6 Å². The van der Waals surface area contributed by atoms with Crippen molar-refractivity contribution in [2.24, 2.45) is 0 Å². The monoisotopic (exact) mass is 358 g/mol. The second-order valence-electron chi connectivity index (χ2n) is 5.76. The number of fused-ring (bicyclic) bond motifs is 1. The van der Waals surface area contributed by atoms with E-state index < -0.39 is 17.8 Å². The summed E-state index contributed by atoms with van der Waals surface area (Å²) < 4.78 is 13.8. The van der Waals surface area contributed by atoms with Crippen LogP contribution in [-0.4, -0.2) is 16.7 Å². The van der Waals surface area contributed by atoms with Gasteiger partial charge in [-0.05, 0) is 35.4 Å². The summed E-state index contributed by atoms with van der Waals surface area (Å²) in [6.45, 7) is 1.44. The Morgan fingerprint density at radius 3 is 2.76 bits per heavy atom. The van der Waals surface area contributed by atoms with Gasteiger partial charge in [0, 0.05) is 18.1 Å². The third kappa shape index (κ3) is 3.72. The van der Waals surface area contributed by atoms with Gasteiger partial charge in [0.2, 0.25) is 11.8 Å². The molecule has 0 saturated carbocycles. The van der Waals surface area contributed by atoms with Crippen molar-refractivity contribution in [3.63, 3.8) is 0 Å². The average Bonchev–Trinajstić information content (AvgIpc) is 2.58. The van der Waals surface area contributed by atoms with Gasteiger partial charge < -0.3 is 10.2 Å². The molecule has 1 N–H and O–H groups in total. The molecule has 2 amide bonds. The molecular weight excluding hydrogens is 343 g/mol. The molecule has 0 aromatic heterocycles. The first-order chi connectivity index (χ1) is 12.0. The van der Waals surface area contributed by atoms with E-state index in [1.165, 1.54) is 30.0 Å². The smallest absolute Gasteiger partial charge is 0.226 e. The zero-order valence-electron chi connectivity index (χ0n) is 13.5. The van der Waals surface area contributed by atoms with E-state index in [-0.39, 0.29) is 18.0 Å². The van der Waals surface area contributed by atoms with E-state index in [0.29, 0.717) is 5.02 Å². The number of nitrogens with zero attached hydrogens (tertiary/aromatic N) is 1. The maximum absolute atomic E-state index is 13.8. The first-order valence-electron chi connectivity index (χ1n) is 7.76. The third-order valence-corrected chi connectivity index (χ3v) is 4.29. The highest BCUT2D eigenvalue weighted by atomic mass is 35.5. The summed E-state index contributed by atoms with van der Waals surface area (Å²) >= 11 is 5.84. The van der Waals surface area contributed by atoms with Crippen LogP contribution in [0.5, 0.6) is 0 Å². The predicted molar refractivity (Wildman–Crippen MR) is 95.4 cm³/mol. The molecule has 1 heterocycles. The first-order valence-corrected chi connectivity index (χ1v) is 8.14. The highest BCUT2D eigenvalue weighted by Gasteiger charge is 2.28. The number of hydrogen-bond donors (Lipinski definition) is 1. The molecule has 0 aliphatic carbocycles. The van der Waals surface area contributed by atoms with Gasteiger partial charge in [0.15, 0.2) is 0 Å². The number of halogens is 2. The maximum Gasteiger partial charge on any atom is 0.226 e. The summed E-state index contributed by atoms with van der Waals surface area (Å²) in [6, 6.07) is 11.1. The molecule has 0 saturated heterocycles. The summed E-state index contributed by atoms with van der Waals surface area (Å²) in [5.41, 5.74) is 1.85. The van der Waals surface area contributed by atoms with Gasteiger partial charge in [-0.15, -0.1) is 0 Å². The number of carbonyl (C=O) groups is 2. The molecule has 0 spiro atoms. The van der Waals surface area contributed by atoms with E-state index in [0.717, 1.165) is 11.1 Å². The van der Waals surface area contributed by atoms with Crippen molar-refractivity contribution >= 4 is 35.2 Å². The van der Waals surface area contributed by atoms with Gasteiger partial charge in [-0.3, -0.25) is 9.59 Å². The van der Waals surface area contributed by atoms with Gasteiger partial charge in [0.1, 0.15) is 5.82 Å². The molecule has 0 radical (unpaired) electrons. The fourth-order valence-corrected chi connectivity index (χ4v) is 3.06. The molecule has 4 nitrogen and oxygen atoms in total. The van der Waals surface area contributed by atoms with Gasteiger partial charge in [-0.25, -0.2) is 4.39 Å². The van der Waals surface area contributed by atoms with Gasteiger partial charge in [0.05, 0.1) is 18.2 Å². The van der Waals surface area contributed by atoms with Crippen molar-refractivity contribution < 1.29 is 14.0 Å².